The maximum atomic E-state index is 5.45. The van der Waals surface area contributed by atoms with E-state index in [0.29, 0.717) is 0 Å². The Hall–Kier alpha value is -2.29. The summed E-state index contributed by atoms with van der Waals surface area (Å²) in [4.78, 5) is 0. The van der Waals surface area contributed by atoms with Gasteiger partial charge in [0.2, 0.25) is 0 Å². The summed E-state index contributed by atoms with van der Waals surface area (Å²) in [6.07, 6.45) is 5.44. The first kappa shape index (κ1) is 9.90. The summed E-state index contributed by atoms with van der Waals surface area (Å²) >= 11 is 0. The average molecular weight is 224 g/mol. The third kappa shape index (κ3) is 1.99. The van der Waals surface area contributed by atoms with Crippen molar-refractivity contribution in [3.05, 3.63) is 66.7 Å². The second-order valence-corrected chi connectivity index (χ2v) is 3.84. The molecule has 3 heteroatoms. The smallest absolute Gasteiger partial charge is 0.134 e. The van der Waals surface area contributed by atoms with Gasteiger partial charge in [0.15, 0.2) is 0 Å². The van der Waals surface area contributed by atoms with Gasteiger partial charge >= 0.3 is 0 Å². The molecule has 0 aliphatic heterocycles. The van der Waals surface area contributed by atoms with E-state index in [1.807, 2.05) is 41.2 Å². The van der Waals surface area contributed by atoms with Gasteiger partial charge < -0.3 is 4.42 Å². The van der Waals surface area contributed by atoms with Crippen LogP contribution in [0, 0.1) is 0 Å². The fraction of sp³-hybridized carbons (Fsp3) is 0.0714. The van der Waals surface area contributed by atoms with Crippen molar-refractivity contribution >= 4 is 0 Å². The Kier molecular flexibility index (Phi) is 2.50. The van der Waals surface area contributed by atoms with Crippen LogP contribution in [0.5, 0.6) is 0 Å². The van der Waals surface area contributed by atoms with Gasteiger partial charge in [-0.2, -0.15) is 5.10 Å². The highest BCUT2D eigenvalue weighted by Crippen LogP contribution is 2.24. The Bertz CT molecular complexity index is 582. The minimum absolute atomic E-state index is 0.754. The SMILES string of the molecule is c1coc(-c2ccccc2Cn2cccn2)c1. The molecule has 0 unspecified atom stereocenters. The van der Waals surface area contributed by atoms with Crippen LogP contribution < -0.4 is 0 Å². The summed E-state index contributed by atoms with van der Waals surface area (Å²) < 4.78 is 7.35. The van der Waals surface area contributed by atoms with Crippen LogP contribution >= 0.6 is 0 Å². The number of hydrogen-bond acceptors (Lipinski definition) is 2. The predicted molar refractivity (Wildman–Crippen MR) is 65.5 cm³/mol. The Balaban J connectivity index is 1.99. The Morgan fingerprint density at radius 3 is 2.76 bits per heavy atom. The molecule has 0 N–H and O–H groups in total. The highest BCUT2D eigenvalue weighted by Gasteiger charge is 2.07. The van der Waals surface area contributed by atoms with Crippen molar-refractivity contribution < 1.29 is 4.42 Å². The van der Waals surface area contributed by atoms with E-state index < -0.39 is 0 Å². The van der Waals surface area contributed by atoms with E-state index in [1.54, 1.807) is 12.5 Å². The summed E-state index contributed by atoms with van der Waals surface area (Å²) in [7, 11) is 0. The monoisotopic (exact) mass is 224 g/mol. The zero-order valence-corrected chi connectivity index (χ0v) is 9.28. The zero-order valence-electron chi connectivity index (χ0n) is 9.28. The lowest BCUT2D eigenvalue weighted by Crippen LogP contribution is -2.01. The molecule has 0 spiro atoms. The molecule has 17 heavy (non-hydrogen) atoms. The second-order valence-electron chi connectivity index (χ2n) is 3.84. The van der Waals surface area contributed by atoms with Crippen molar-refractivity contribution in [3.8, 4) is 11.3 Å². The number of aromatic nitrogens is 2. The fourth-order valence-electron chi connectivity index (χ4n) is 1.90. The van der Waals surface area contributed by atoms with E-state index in [9.17, 15) is 0 Å². The van der Waals surface area contributed by atoms with Crippen LogP contribution in [0.3, 0.4) is 0 Å². The molecule has 0 atom stereocenters. The summed E-state index contributed by atoms with van der Waals surface area (Å²) in [6, 6.07) is 14.0. The molecule has 2 heterocycles. The standard InChI is InChI=1S/C14H12N2O/c1-2-6-13(14-7-3-10-17-14)12(5-1)11-16-9-4-8-15-16/h1-10H,11H2. The summed E-state index contributed by atoms with van der Waals surface area (Å²) in [5, 5.41) is 4.22. The van der Waals surface area contributed by atoms with Crippen LogP contribution in [-0.2, 0) is 6.54 Å². The van der Waals surface area contributed by atoms with Crippen molar-refractivity contribution in [2.24, 2.45) is 0 Å². The lowest BCUT2D eigenvalue weighted by Gasteiger charge is -2.07. The van der Waals surface area contributed by atoms with E-state index in [2.05, 4.69) is 17.2 Å². The summed E-state index contributed by atoms with van der Waals surface area (Å²) in [5.41, 5.74) is 2.32. The van der Waals surface area contributed by atoms with Crippen LogP contribution in [0.4, 0.5) is 0 Å². The molecule has 0 saturated carbocycles. The van der Waals surface area contributed by atoms with E-state index in [0.717, 1.165) is 17.9 Å². The van der Waals surface area contributed by atoms with Gasteiger partial charge in [-0.05, 0) is 23.8 Å². The van der Waals surface area contributed by atoms with Crippen LogP contribution in [0.2, 0.25) is 0 Å². The van der Waals surface area contributed by atoms with Crippen molar-refractivity contribution in [1.29, 1.82) is 0 Å². The van der Waals surface area contributed by atoms with Crippen molar-refractivity contribution in [2.45, 2.75) is 6.54 Å². The van der Waals surface area contributed by atoms with Gasteiger partial charge in [0.25, 0.3) is 0 Å². The Morgan fingerprint density at radius 2 is 2.00 bits per heavy atom. The topological polar surface area (TPSA) is 31.0 Å². The number of nitrogens with zero attached hydrogens (tertiary/aromatic N) is 2. The fourth-order valence-corrected chi connectivity index (χ4v) is 1.90. The maximum Gasteiger partial charge on any atom is 0.134 e. The van der Waals surface area contributed by atoms with E-state index in [-0.39, 0.29) is 0 Å². The number of rotatable bonds is 3. The maximum absolute atomic E-state index is 5.45. The molecule has 3 nitrogen and oxygen atoms in total. The van der Waals surface area contributed by atoms with Gasteiger partial charge in [-0.3, -0.25) is 4.68 Å². The third-order valence-corrected chi connectivity index (χ3v) is 2.70. The van der Waals surface area contributed by atoms with Gasteiger partial charge in [0.05, 0.1) is 12.8 Å². The second kappa shape index (κ2) is 4.29. The molecule has 0 bridgehead atoms. The lowest BCUT2D eigenvalue weighted by molar-refractivity contribution is 0.580. The first-order chi connectivity index (χ1) is 8.43. The molecule has 0 radical (unpaired) electrons. The summed E-state index contributed by atoms with van der Waals surface area (Å²) in [6.45, 7) is 0.754. The van der Waals surface area contributed by atoms with Crippen LogP contribution in [0.1, 0.15) is 5.56 Å². The highest BCUT2D eigenvalue weighted by molar-refractivity contribution is 5.61. The first-order valence-corrected chi connectivity index (χ1v) is 5.53. The molecule has 0 fully saturated rings. The molecular weight excluding hydrogens is 212 g/mol. The third-order valence-electron chi connectivity index (χ3n) is 2.70. The Morgan fingerprint density at radius 1 is 1.06 bits per heavy atom. The molecule has 0 amide bonds. The molecule has 0 aliphatic carbocycles. The molecule has 1 aromatic carbocycles. The van der Waals surface area contributed by atoms with Crippen molar-refractivity contribution in [2.75, 3.05) is 0 Å². The van der Waals surface area contributed by atoms with E-state index in [1.165, 1.54) is 5.56 Å². The summed E-state index contributed by atoms with van der Waals surface area (Å²) in [5.74, 6) is 0.896. The first-order valence-electron chi connectivity index (χ1n) is 5.53. The predicted octanol–water partition coefficient (Wildman–Crippen LogP) is 3.19. The number of benzene rings is 1. The largest absolute Gasteiger partial charge is 0.464 e. The number of furan rings is 1. The molecule has 84 valence electrons. The molecule has 2 aromatic heterocycles. The van der Waals surface area contributed by atoms with Gasteiger partial charge in [0, 0.05) is 18.0 Å². The van der Waals surface area contributed by atoms with Crippen molar-refractivity contribution in [3.63, 3.8) is 0 Å². The molecule has 0 aliphatic rings. The highest BCUT2D eigenvalue weighted by atomic mass is 16.3. The molecule has 3 aromatic rings. The minimum Gasteiger partial charge on any atom is -0.464 e. The zero-order chi connectivity index (χ0) is 11.5. The van der Waals surface area contributed by atoms with Crippen LogP contribution in [0.15, 0.2) is 65.5 Å². The average Bonchev–Trinajstić information content (AvgIpc) is 3.01. The Labute approximate surface area is 99.3 Å². The van der Waals surface area contributed by atoms with Crippen LogP contribution in [-0.4, -0.2) is 9.78 Å². The van der Waals surface area contributed by atoms with Crippen molar-refractivity contribution in [1.82, 2.24) is 9.78 Å². The number of hydrogen-bond donors (Lipinski definition) is 0. The van der Waals surface area contributed by atoms with Gasteiger partial charge in [0.1, 0.15) is 5.76 Å². The minimum atomic E-state index is 0.754. The molecule has 3 rings (SSSR count). The van der Waals surface area contributed by atoms with Gasteiger partial charge in [-0.1, -0.05) is 24.3 Å². The normalized spacial score (nSPS) is 10.6. The lowest BCUT2D eigenvalue weighted by atomic mass is 10.1. The molecule has 0 saturated heterocycles. The van der Waals surface area contributed by atoms with Gasteiger partial charge in [-0.15, -0.1) is 0 Å². The van der Waals surface area contributed by atoms with E-state index >= 15 is 0 Å². The van der Waals surface area contributed by atoms with Crippen LogP contribution in [0.25, 0.3) is 11.3 Å². The van der Waals surface area contributed by atoms with Gasteiger partial charge in [-0.25, -0.2) is 0 Å². The quantitative estimate of drug-likeness (QED) is 0.684. The van der Waals surface area contributed by atoms with E-state index in [4.69, 9.17) is 4.42 Å². The molecular formula is C14H12N2O.